The highest BCUT2D eigenvalue weighted by Gasteiger charge is 2.36. The highest BCUT2D eigenvalue weighted by atomic mass is 32.2. The van der Waals surface area contributed by atoms with Crippen molar-refractivity contribution in [1.29, 1.82) is 0 Å². The van der Waals surface area contributed by atoms with Gasteiger partial charge in [-0.25, -0.2) is 0 Å². The topological polar surface area (TPSA) is 93.1 Å². The summed E-state index contributed by atoms with van der Waals surface area (Å²) in [5.41, 5.74) is 0.530. The molecule has 1 aromatic carbocycles. The molecule has 0 spiro atoms. The van der Waals surface area contributed by atoms with Gasteiger partial charge in [-0.15, -0.1) is 0 Å². The Morgan fingerprint density at radius 1 is 1.36 bits per heavy atom. The molecule has 0 aromatic heterocycles. The fraction of sp³-hybridized carbons (Fsp3) is 0.214. The van der Waals surface area contributed by atoms with Crippen LogP contribution in [-0.2, 0) is 14.3 Å². The summed E-state index contributed by atoms with van der Waals surface area (Å²) in [4.78, 5) is 36.0. The van der Waals surface area contributed by atoms with Gasteiger partial charge < -0.3 is 14.6 Å². The van der Waals surface area contributed by atoms with Gasteiger partial charge in [0.25, 0.3) is 11.1 Å². The van der Waals surface area contributed by atoms with Crippen molar-refractivity contribution in [3.05, 3.63) is 28.7 Å². The summed E-state index contributed by atoms with van der Waals surface area (Å²) in [7, 11) is 2.60. The van der Waals surface area contributed by atoms with E-state index < -0.39 is 23.7 Å². The van der Waals surface area contributed by atoms with Crippen molar-refractivity contribution < 1.29 is 29.0 Å². The predicted molar refractivity (Wildman–Crippen MR) is 79.4 cm³/mol. The Morgan fingerprint density at radius 3 is 2.68 bits per heavy atom. The number of hydrogen-bond donors (Lipinski definition) is 1. The van der Waals surface area contributed by atoms with Gasteiger partial charge in [0.05, 0.1) is 19.1 Å². The summed E-state index contributed by atoms with van der Waals surface area (Å²) < 4.78 is 9.37. The molecule has 1 N–H and O–H groups in total. The summed E-state index contributed by atoms with van der Waals surface area (Å²) in [5.74, 6) is -1.03. The lowest BCUT2D eigenvalue weighted by molar-refractivity contribution is -0.143. The van der Waals surface area contributed by atoms with Gasteiger partial charge in [0.2, 0.25) is 0 Å². The zero-order chi connectivity index (χ0) is 16.3. The Balaban J connectivity index is 2.22. The summed E-state index contributed by atoms with van der Waals surface area (Å²) in [6, 6.07) is 4.58. The first-order valence-corrected chi connectivity index (χ1v) is 6.97. The Bertz CT molecular complexity index is 669. The van der Waals surface area contributed by atoms with Crippen molar-refractivity contribution in [3.63, 3.8) is 0 Å². The van der Waals surface area contributed by atoms with Crippen LogP contribution in [0.5, 0.6) is 11.5 Å². The quantitative estimate of drug-likeness (QED) is 0.664. The number of carbonyl (C=O) groups excluding carboxylic acids is 3. The van der Waals surface area contributed by atoms with Crippen molar-refractivity contribution in [2.24, 2.45) is 0 Å². The molecule has 7 nitrogen and oxygen atoms in total. The number of phenolic OH excluding ortho intramolecular Hbond substituents is 1. The van der Waals surface area contributed by atoms with Gasteiger partial charge in [0.1, 0.15) is 6.54 Å². The van der Waals surface area contributed by atoms with E-state index in [1.54, 1.807) is 12.1 Å². The number of thioether (sulfide) groups is 1. The molecule has 1 aliphatic heterocycles. The molecule has 2 rings (SSSR count). The highest BCUT2D eigenvalue weighted by Crippen LogP contribution is 2.33. The van der Waals surface area contributed by atoms with Crippen molar-refractivity contribution >= 4 is 35.0 Å². The van der Waals surface area contributed by atoms with Gasteiger partial charge in [-0.05, 0) is 35.5 Å². The van der Waals surface area contributed by atoms with E-state index in [1.807, 2.05) is 0 Å². The average Bonchev–Trinajstić information content (AvgIpc) is 2.75. The Hall–Kier alpha value is -2.48. The Morgan fingerprint density at radius 2 is 2.09 bits per heavy atom. The highest BCUT2D eigenvalue weighted by molar-refractivity contribution is 8.18. The first-order chi connectivity index (χ1) is 10.5. The van der Waals surface area contributed by atoms with E-state index in [-0.39, 0.29) is 10.7 Å². The van der Waals surface area contributed by atoms with Crippen molar-refractivity contribution in [1.82, 2.24) is 4.90 Å². The number of ether oxygens (including phenoxy) is 2. The van der Waals surface area contributed by atoms with Gasteiger partial charge >= 0.3 is 5.97 Å². The maximum atomic E-state index is 12.1. The SMILES string of the molecule is COC(=O)CN1C(=O)S/C(=C/c2ccc(OC)c(O)c2)C1=O. The van der Waals surface area contributed by atoms with Crippen LogP contribution in [0.3, 0.4) is 0 Å². The minimum atomic E-state index is -0.675. The zero-order valence-corrected chi connectivity index (χ0v) is 12.7. The second kappa shape index (κ2) is 6.52. The molecular formula is C14H13NO6S. The molecule has 1 aliphatic rings. The zero-order valence-electron chi connectivity index (χ0n) is 11.9. The van der Waals surface area contributed by atoms with E-state index in [0.29, 0.717) is 11.3 Å². The maximum absolute atomic E-state index is 12.1. The minimum absolute atomic E-state index is 0.0787. The van der Waals surface area contributed by atoms with Crippen molar-refractivity contribution in [3.8, 4) is 11.5 Å². The molecule has 2 amide bonds. The molecule has 22 heavy (non-hydrogen) atoms. The van der Waals surface area contributed by atoms with Crippen LogP contribution in [0.25, 0.3) is 6.08 Å². The van der Waals surface area contributed by atoms with E-state index in [0.717, 1.165) is 16.7 Å². The number of nitrogens with zero attached hydrogens (tertiary/aromatic N) is 1. The Labute approximate surface area is 130 Å². The van der Waals surface area contributed by atoms with Gasteiger partial charge in [-0.1, -0.05) is 6.07 Å². The van der Waals surface area contributed by atoms with Gasteiger partial charge in [0.15, 0.2) is 11.5 Å². The smallest absolute Gasteiger partial charge is 0.325 e. The van der Waals surface area contributed by atoms with Crippen LogP contribution in [0, 0.1) is 0 Å². The second-order valence-corrected chi connectivity index (χ2v) is 5.27. The van der Waals surface area contributed by atoms with Crippen LogP contribution >= 0.6 is 11.8 Å². The lowest BCUT2D eigenvalue weighted by atomic mass is 10.2. The van der Waals surface area contributed by atoms with Crippen LogP contribution in [0.4, 0.5) is 4.79 Å². The van der Waals surface area contributed by atoms with Crippen LogP contribution in [0.2, 0.25) is 0 Å². The third kappa shape index (κ3) is 3.22. The molecule has 116 valence electrons. The molecule has 8 heteroatoms. The summed E-state index contributed by atoms with van der Waals surface area (Å²) >= 11 is 0.723. The number of rotatable bonds is 4. The number of methoxy groups -OCH3 is 2. The first kappa shape index (κ1) is 15.9. The van der Waals surface area contributed by atoms with Crippen LogP contribution in [0.15, 0.2) is 23.1 Å². The fourth-order valence-electron chi connectivity index (χ4n) is 1.78. The third-order valence-corrected chi connectivity index (χ3v) is 3.80. The number of hydrogen-bond acceptors (Lipinski definition) is 7. The van der Waals surface area contributed by atoms with E-state index in [1.165, 1.54) is 26.4 Å². The monoisotopic (exact) mass is 323 g/mol. The molecule has 0 bridgehead atoms. The van der Waals surface area contributed by atoms with Crippen LogP contribution < -0.4 is 4.74 Å². The number of benzene rings is 1. The summed E-state index contributed by atoms with van der Waals surface area (Å²) in [6.45, 7) is -0.424. The Kier molecular flexibility index (Phi) is 4.71. The van der Waals surface area contributed by atoms with Gasteiger partial charge in [-0.3, -0.25) is 19.3 Å². The molecule has 1 fully saturated rings. The lowest BCUT2D eigenvalue weighted by Gasteiger charge is -2.09. The molecule has 0 saturated carbocycles. The summed E-state index contributed by atoms with van der Waals surface area (Å²) in [6.07, 6.45) is 1.46. The van der Waals surface area contributed by atoms with Crippen molar-refractivity contribution in [2.75, 3.05) is 20.8 Å². The predicted octanol–water partition coefficient (Wildman–Crippen LogP) is 1.61. The largest absolute Gasteiger partial charge is 0.504 e. The standard InChI is InChI=1S/C14H13NO6S/c1-20-10-4-3-8(5-9(10)16)6-11-13(18)15(14(19)22-11)7-12(17)21-2/h3-6,16H,7H2,1-2H3/b11-6+. The molecule has 1 aromatic rings. The van der Waals surface area contributed by atoms with Crippen molar-refractivity contribution in [2.45, 2.75) is 0 Å². The molecule has 0 atom stereocenters. The molecule has 0 unspecified atom stereocenters. The number of phenols is 1. The first-order valence-electron chi connectivity index (χ1n) is 6.15. The van der Waals surface area contributed by atoms with Gasteiger partial charge in [0, 0.05) is 0 Å². The minimum Gasteiger partial charge on any atom is -0.504 e. The van der Waals surface area contributed by atoms with E-state index in [4.69, 9.17) is 4.74 Å². The molecule has 1 heterocycles. The summed E-state index contributed by atoms with van der Waals surface area (Å²) in [5, 5.41) is 9.16. The number of aromatic hydroxyl groups is 1. The van der Waals surface area contributed by atoms with E-state index in [9.17, 15) is 19.5 Å². The second-order valence-electron chi connectivity index (χ2n) is 4.28. The maximum Gasteiger partial charge on any atom is 0.325 e. The molecule has 0 aliphatic carbocycles. The molecular weight excluding hydrogens is 310 g/mol. The normalized spacial score (nSPS) is 16.3. The number of amides is 2. The van der Waals surface area contributed by atoms with Crippen LogP contribution in [-0.4, -0.2) is 47.9 Å². The average molecular weight is 323 g/mol. The van der Waals surface area contributed by atoms with Crippen LogP contribution in [0.1, 0.15) is 5.56 Å². The van der Waals surface area contributed by atoms with E-state index in [2.05, 4.69) is 4.74 Å². The van der Waals surface area contributed by atoms with Gasteiger partial charge in [-0.2, -0.15) is 0 Å². The number of esters is 1. The molecule has 1 saturated heterocycles. The number of imide groups is 1. The lowest BCUT2D eigenvalue weighted by Crippen LogP contribution is -2.34. The number of carbonyl (C=O) groups is 3. The molecule has 0 radical (unpaired) electrons. The fourth-order valence-corrected chi connectivity index (χ4v) is 2.62. The third-order valence-electron chi connectivity index (χ3n) is 2.89. The van der Waals surface area contributed by atoms with E-state index >= 15 is 0 Å².